The van der Waals surface area contributed by atoms with Crippen molar-refractivity contribution in [3.63, 3.8) is 0 Å². The third kappa shape index (κ3) is 4.03. The molecule has 0 unspecified atom stereocenters. The lowest BCUT2D eigenvalue weighted by atomic mass is 10.0. The Hall–Kier alpha value is -3.89. The van der Waals surface area contributed by atoms with Crippen molar-refractivity contribution < 1.29 is 24.5 Å². The van der Waals surface area contributed by atoms with Crippen molar-refractivity contribution in [2.75, 3.05) is 12.3 Å². The van der Waals surface area contributed by atoms with Gasteiger partial charge in [-0.05, 0) is 24.1 Å². The van der Waals surface area contributed by atoms with Crippen molar-refractivity contribution >= 4 is 28.9 Å². The molecule has 0 saturated heterocycles. The topological polar surface area (TPSA) is 173 Å². The van der Waals surface area contributed by atoms with E-state index in [1.54, 1.807) is 0 Å². The van der Waals surface area contributed by atoms with Gasteiger partial charge in [0.2, 0.25) is 0 Å². The summed E-state index contributed by atoms with van der Waals surface area (Å²) in [6.07, 6.45) is 1.72. The quantitative estimate of drug-likeness (QED) is 0.406. The number of aromatic carboxylic acids is 2. The van der Waals surface area contributed by atoms with Crippen LogP contribution in [0.1, 0.15) is 46.0 Å². The summed E-state index contributed by atoms with van der Waals surface area (Å²) in [4.78, 5) is 45.8. The highest BCUT2D eigenvalue weighted by atomic mass is 16.5. The first kappa shape index (κ1) is 19.9. The summed E-state index contributed by atoms with van der Waals surface area (Å²) in [5.74, 6) is -2.69. The van der Waals surface area contributed by atoms with E-state index >= 15 is 0 Å². The first-order valence-electron chi connectivity index (χ1n) is 8.80. The van der Waals surface area contributed by atoms with Gasteiger partial charge in [0.25, 0.3) is 0 Å². The summed E-state index contributed by atoms with van der Waals surface area (Å²) < 4.78 is 6.72. The Bertz CT molecular complexity index is 1150. The number of unbranched alkanes of at least 4 members (excludes halogenated alkanes) is 1. The minimum absolute atomic E-state index is 0.0312. The fourth-order valence-electron chi connectivity index (χ4n) is 2.79. The predicted octanol–water partition coefficient (Wildman–Crippen LogP) is 1.33. The molecule has 11 nitrogen and oxygen atoms in total. The second-order valence-electron chi connectivity index (χ2n) is 6.30. The van der Waals surface area contributed by atoms with Crippen LogP contribution in [0.4, 0.5) is 5.82 Å². The molecule has 152 valence electrons. The number of fused-ring (bicyclic) bond motifs is 1. The summed E-state index contributed by atoms with van der Waals surface area (Å²) in [7, 11) is 0. The van der Waals surface area contributed by atoms with Crippen molar-refractivity contribution in [1.82, 2.24) is 19.5 Å². The number of nitrogen functional groups attached to an aromatic ring is 1. The molecule has 0 aliphatic heterocycles. The largest absolute Gasteiger partial charge is 0.478 e. The van der Waals surface area contributed by atoms with Crippen molar-refractivity contribution in [2.24, 2.45) is 0 Å². The molecule has 11 heteroatoms. The first-order valence-corrected chi connectivity index (χ1v) is 8.80. The van der Waals surface area contributed by atoms with Crippen molar-refractivity contribution in [3.8, 4) is 6.01 Å². The molecule has 0 spiro atoms. The van der Waals surface area contributed by atoms with Gasteiger partial charge < -0.3 is 25.7 Å². The van der Waals surface area contributed by atoms with Crippen LogP contribution in [0.2, 0.25) is 0 Å². The van der Waals surface area contributed by atoms with Gasteiger partial charge in [0.05, 0.1) is 24.3 Å². The van der Waals surface area contributed by atoms with Gasteiger partial charge in [-0.3, -0.25) is 4.57 Å². The van der Waals surface area contributed by atoms with Gasteiger partial charge in [-0.2, -0.15) is 9.97 Å². The molecule has 29 heavy (non-hydrogen) atoms. The number of carboxylic acids is 2. The molecule has 3 rings (SSSR count). The number of imidazole rings is 1. The van der Waals surface area contributed by atoms with E-state index in [-0.39, 0.29) is 40.7 Å². The maximum Gasteiger partial charge on any atom is 0.336 e. The van der Waals surface area contributed by atoms with Gasteiger partial charge in [-0.1, -0.05) is 19.4 Å². The van der Waals surface area contributed by atoms with Crippen LogP contribution in [-0.4, -0.2) is 48.3 Å². The molecule has 3 aromatic rings. The van der Waals surface area contributed by atoms with Crippen LogP contribution in [0.5, 0.6) is 6.01 Å². The number of ether oxygens (including phenoxy) is 1. The first-order chi connectivity index (χ1) is 13.8. The van der Waals surface area contributed by atoms with Crippen LogP contribution in [-0.2, 0) is 6.54 Å². The van der Waals surface area contributed by atoms with Gasteiger partial charge in [0, 0.05) is 0 Å². The number of hydrogen-bond acceptors (Lipinski definition) is 7. The normalized spacial score (nSPS) is 10.9. The average molecular weight is 401 g/mol. The molecule has 0 saturated carbocycles. The Morgan fingerprint density at radius 3 is 2.59 bits per heavy atom. The van der Waals surface area contributed by atoms with Crippen LogP contribution in [0.3, 0.4) is 0 Å². The summed E-state index contributed by atoms with van der Waals surface area (Å²) in [6.45, 7) is 2.35. The molecule has 0 atom stereocenters. The molecule has 5 N–H and O–H groups in total. The van der Waals surface area contributed by atoms with Gasteiger partial charge >= 0.3 is 23.6 Å². The van der Waals surface area contributed by atoms with Crippen molar-refractivity contribution in [1.29, 1.82) is 0 Å². The number of nitrogens with zero attached hydrogens (tertiary/aromatic N) is 3. The van der Waals surface area contributed by atoms with Gasteiger partial charge in [-0.15, -0.1) is 0 Å². The maximum absolute atomic E-state index is 12.4. The number of nitrogens with two attached hydrogens (primary N) is 1. The van der Waals surface area contributed by atoms with Gasteiger partial charge in [0.1, 0.15) is 5.52 Å². The SMILES string of the molecule is CCCCOc1nc(N)c2[nH]c(=O)n(Cc3ccc(C(=O)O)c(C(=O)O)c3)c2n1. The minimum Gasteiger partial charge on any atom is -0.478 e. The van der Waals surface area contributed by atoms with E-state index < -0.39 is 17.6 Å². The molecular weight excluding hydrogens is 382 g/mol. The van der Waals surface area contributed by atoms with E-state index in [0.29, 0.717) is 12.2 Å². The number of anilines is 1. The number of carbonyl (C=O) groups is 2. The number of hydrogen-bond donors (Lipinski definition) is 4. The molecular formula is C18H19N5O6. The van der Waals surface area contributed by atoms with E-state index in [4.69, 9.17) is 15.6 Å². The minimum atomic E-state index is -1.38. The molecule has 0 radical (unpaired) electrons. The monoisotopic (exact) mass is 401 g/mol. The zero-order chi connectivity index (χ0) is 21.1. The number of nitrogens with one attached hydrogen (secondary N) is 1. The zero-order valence-electron chi connectivity index (χ0n) is 15.5. The molecule has 2 aromatic heterocycles. The second-order valence-corrected chi connectivity index (χ2v) is 6.30. The van der Waals surface area contributed by atoms with Crippen LogP contribution >= 0.6 is 0 Å². The molecule has 1 aromatic carbocycles. The standard InChI is InChI=1S/C18H19N5O6/c1-2-3-6-29-17-21-13(19)12-14(22-17)23(18(28)20-12)8-9-4-5-10(15(24)25)11(7-9)16(26)27/h4-5,7H,2-3,6,8H2,1H3,(H,20,28)(H,24,25)(H,26,27)(H2,19,21,22). The maximum atomic E-state index is 12.4. The molecule has 0 bridgehead atoms. The van der Waals surface area contributed by atoms with E-state index in [1.165, 1.54) is 22.8 Å². The Morgan fingerprint density at radius 1 is 1.21 bits per heavy atom. The molecule has 0 amide bonds. The Kier molecular flexibility index (Phi) is 5.48. The zero-order valence-corrected chi connectivity index (χ0v) is 15.5. The summed E-state index contributed by atoms with van der Waals surface area (Å²) in [6, 6.07) is 3.86. The molecule has 0 aliphatic carbocycles. The van der Waals surface area contributed by atoms with E-state index in [1.807, 2.05) is 6.92 Å². The number of benzene rings is 1. The van der Waals surface area contributed by atoms with Crippen molar-refractivity contribution in [3.05, 3.63) is 45.4 Å². The Balaban J connectivity index is 2.03. The summed E-state index contributed by atoms with van der Waals surface area (Å²) in [5, 5.41) is 18.4. The third-order valence-electron chi connectivity index (χ3n) is 4.24. The second kappa shape index (κ2) is 8.00. The molecule has 0 fully saturated rings. The predicted molar refractivity (Wildman–Crippen MR) is 102 cm³/mol. The summed E-state index contributed by atoms with van der Waals surface area (Å²) >= 11 is 0. The van der Waals surface area contributed by atoms with Crippen LogP contribution < -0.4 is 16.2 Å². The number of H-pyrrole nitrogens is 1. The Labute approximate surface area is 163 Å². The molecule has 2 heterocycles. The average Bonchev–Trinajstić information content (AvgIpc) is 2.98. The Morgan fingerprint density at radius 2 is 1.93 bits per heavy atom. The third-order valence-corrected chi connectivity index (χ3v) is 4.24. The number of rotatable bonds is 8. The number of aromatic amines is 1. The highest BCUT2D eigenvalue weighted by molar-refractivity contribution is 6.01. The number of carboxylic acid groups (broad SMARTS) is 2. The lowest BCUT2D eigenvalue weighted by Gasteiger charge is -2.08. The molecule has 0 aliphatic rings. The lowest BCUT2D eigenvalue weighted by molar-refractivity contribution is 0.0651. The van der Waals surface area contributed by atoms with E-state index in [9.17, 15) is 19.5 Å². The highest BCUT2D eigenvalue weighted by Crippen LogP contribution is 2.20. The van der Waals surface area contributed by atoms with Gasteiger partial charge in [-0.25, -0.2) is 14.4 Å². The lowest BCUT2D eigenvalue weighted by Crippen LogP contribution is -2.18. The van der Waals surface area contributed by atoms with E-state index in [2.05, 4.69) is 15.0 Å². The van der Waals surface area contributed by atoms with Crippen LogP contribution in [0, 0.1) is 0 Å². The smallest absolute Gasteiger partial charge is 0.336 e. The highest BCUT2D eigenvalue weighted by Gasteiger charge is 2.19. The van der Waals surface area contributed by atoms with Crippen LogP contribution in [0.25, 0.3) is 11.2 Å². The van der Waals surface area contributed by atoms with E-state index in [0.717, 1.165) is 12.8 Å². The fourth-order valence-corrected chi connectivity index (χ4v) is 2.79. The fraction of sp³-hybridized carbons (Fsp3) is 0.278. The van der Waals surface area contributed by atoms with Crippen molar-refractivity contribution in [2.45, 2.75) is 26.3 Å². The number of aromatic nitrogens is 4. The summed E-state index contributed by atoms with van der Waals surface area (Å²) in [5.41, 5.74) is 5.50. The van der Waals surface area contributed by atoms with Gasteiger partial charge in [0.15, 0.2) is 11.5 Å². The van der Waals surface area contributed by atoms with Crippen LogP contribution in [0.15, 0.2) is 23.0 Å².